The molecule has 0 N–H and O–H groups in total. The fourth-order valence-corrected chi connectivity index (χ4v) is 6.26. The number of rotatable bonds is 12. The van der Waals surface area contributed by atoms with Gasteiger partial charge in [0, 0.05) is 0 Å². The Bertz CT molecular complexity index is 753. The van der Waals surface area contributed by atoms with Crippen LogP contribution in [-0.4, -0.2) is 0 Å². The van der Waals surface area contributed by atoms with Gasteiger partial charge in [0.2, 0.25) is 0 Å². The molecule has 0 bridgehead atoms. The van der Waals surface area contributed by atoms with E-state index < -0.39 is 10.9 Å². The van der Waals surface area contributed by atoms with Crippen molar-refractivity contribution in [2.45, 2.75) is 93.2 Å². The average molecular weight is 433 g/mol. The Morgan fingerprint density at radius 2 is 0.677 bits per heavy atom. The van der Waals surface area contributed by atoms with Crippen LogP contribution >= 0.6 is 10.9 Å². The first-order chi connectivity index (χ1) is 15.2. The predicted octanol–water partition coefficient (Wildman–Crippen LogP) is 9.19. The molecule has 1 heteroatoms. The van der Waals surface area contributed by atoms with Gasteiger partial charge in [0.05, 0.1) is 0 Å². The lowest BCUT2D eigenvalue weighted by Gasteiger charge is -2.24. The van der Waals surface area contributed by atoms with E-state index in [9.17, 15) is 0 Å². The van der Waals surface area contributed by atoms with Crippen LogP contribution in [0.4, 0.5) is 0 Å². The summed E-state index contributed by atoms with van der Waals surface area (Å²) in [4.78, 5) is 4.37. The van der Waals surface area contributed by atoms with Gasteiger partial charge >= 0.3 is 0 Å². The summed E-state index contributed by atoms with van der Waals surface area (Å²) in [6.07, 6.45) is 11.1. The van der Waals surface area contributed by atoms with E-state index in [1.165, 1.54) is 89.2 Å². The molecule has 0 aromatic heterocycles. The number of benzene rings is 3. The van der Waals surface area contributed by atoms with E-state index in [4.69, 9.17) is 0 Å². The molecular formula is C30H40S. The molecular weight excluding hydrogens is 392 g/mol. The summed E-state index contributed by atoms with van der Waals surface area (Å²) < 4.78 is 0. The largest absolute Gasteiger partial charge is 0.173 e. The molecule has 3 rings (SSSR count). The van der Waals surface area contributed by atoms with Gasteiger partial charge in [-0.2, -0.15) is 10.9 Å². The molecule has 0 fully saturated rings. The van der Waals surface area contributed by atoms with E-state index in [1.807, 2.05) is 0 Å². The first-order valence-electron chi connectivity index (χ1n) is 12.3. The first-order valence-corrected chi connectivity index (χ1v) is 13.7. The van der Waals surface area contributed by atoms with Crippen LogP contribution in [0.1, 0.15) is 76.0 Å². The second-order valence-corrected chi connectivity index (χ2v) is 10.9. The van der Waals surface area contributed by atoms with Crippen molar-refractivity contribution in [3.8, 4) is 0 Å². The predicted molar refractivity (Wildman–Crippen MR) is 139 cm³/mol. The van der Waals surface area contributed by atoms with Crippen molar-refractivity contribution in [1.29, 1.82) is 0 Å². The summed E-state index contributed by atoms with van der Waals surface area (Å²) in [5.41, 5.74) is 4.39. The minimum atomic E-state index is -0.522. The highest BCUT2D eigenvalue weighted by atomic mass is 32.2. The molecule has 0 nitrogen and oxygen atoms in total. The van der Waals surface area contributed by atoms with Crippen LogP contribution in [0.3, 0.4) is 0 Å². The molecule has 0 aliphatic heterocycles. The van der Waals surface area contributed by atoms with E-state index in [1.54, 1.807) is 0 Å². The second-order valence-electron chi connectivity index (χ2n) is 8.65. The van der Waals surface area contributed by atoms with Crippen LogP contribution in [0.5, 0.6) is 0 Å². The van der Waals surface area contributed by atoms with Gasteiger partial charge in [-0.05, 0) is 106 Å². The van der Waals surface area contributed by atoms with E-state index in [0.717, 1.165) is 0 Å². The summed E-state index contributed by atoms with van der Waals surface area (Å²) in [6.45, 7) is 6.80. The van der Waals surface area contributed by atoms with Crippen molar-refractivity contribution >= 4 is 10.9 Å². The molecule has 0 spiro atoms. The average Bonchev–Trinajstić information content (AvgIpc) is 2.82. The van der Waals surface area contributed by atoms with E-state index in [-0.39, 0.29) is 0 Å². The molecule has 0 aliphatic rings. The van der Waals surface area contributed by atoms with Crippen molar-refractivity contribution in [2.75, 3.05) is 0 Å². The summed E-state index contributed by atoms with van der Waals surface area (Å²) in [6, 6.07) is 28.4. The fourth-order valence-electron chi connectivity index (χ4n) is 4.02. The van der Waals surface area contributed by atoms with E-state index >= 15 is 0 Å². The monoisotopic (exact) mass is 432 g/mol. The maximum Gasteiger partial charge on any atom is -0.00450 e. The molecule has 166 valence electrons. The lowest BCUT2D eigenvalue weighted by molar-refractivity contribution is 0.794. The van der Waals surface area contributed by atoms with Gasteiger partial charge in [-0.3, -0.25) is 0 Å². The van der Waals surface area contributed by atoms with Crippen LogP contribution in [-0.2, 0) is 19.3 Å². The summed E-state index contributed by atoms with van der Waals surface area (Å²) in [7, 11) is -0.522. The second kappa shape index (κ2) is 12.8. The van der Waals surface area contributed by atoms with Crippen LogP contribution in [0.25, 0.3) is 0 Å². The van der Waals surface area contributed by atoms with Gasteiger partial charge in [-0.15, -0.1) is 0 Å². The quantitative estimate of drug-likeness (QED) is 0.271. The Balaban J connectivity index is 1.90. The highest BCUT2D eigenvalue weighted by molar-refractivity contribution is 8.17. The molecule has 31 heavy (non-hydrogen) atoms. The Kier molecular flexibility index (Phi) is 9.75. The van der Waals surface area contributed by atoms with Crippen molar-refractivity contribution < 1.29 is 0 Å². The zero-order valence-electron chi connectivity index (χ0n) is 19.7. The van der Waals surface area contributed by atoms with E-state index in [2.05, 4.69) is 93.6 Å². The van der Waals surface area contributed by atoms with Crippen LogP contribution in [0.2, 0.25) is 0 Å². The van der Waals surface area contributed by atoms with Gasteiger partial charge < -0.3 is 0 Å². The van der Waals surface area contributed by atoms with Crippen molar-refractivity contribution in [2.24, 2.45) is 0 Å². The highest BCUT2D eigenvalue weighted by Gasteiger charge is 2.13. The lowest BCUT2D eigenvalue weighted by Crippen LogP contribution is -1.92. The molecule has 3 aromatic rings. The molecule has 0 saturated heterocycles. The zero-order chi connectivity index (χ0) is 21.9. The third kappa shape index (κ3) is 7.01. The third-order valence-electron chi connectivity index (χ3n) is 6.04. The fraction of sp³-hybridized carbons (Fsp3) is 0.400. The van der Waals surface area contributed by atoms with Crippen molar-refractivity contribution in [3.05, 3.63) is 89.5 Å². The Morgan fingerprint density at radius 3 is 0.903 bits per heavy atom. The molecule has 0 atom stereocenters. The molecule has 3 aromatic carbocycles. The molecule has 0 radical (unpaired) electrons. The zero-order valence-corrected chi connectivity index (χ0v) is 20.6. The van der Waals surface area contributed by atoms with E-state index in [0.29, 0.717) is 0 Å². The maximum absolute atomic E-state index is 2.38. The minimum absolute atomic E-state index is 0.522. The minimum Gasteiger partial charge on any atom is -0.173 e. The van der Waals surface area contributed by atoms with Crippen LogP contribution in [0.15, 0.2) is 87.5 Å². The molecule has 0 saturated carbocycles. The van der Waals surface area contributed by atoms with Crippen LogP contribution in [0, 0.1) is 0 Å². The topological polar surface area (TPSA) is 0 Å². The summed E-state index contributed by atoms with van der Waals surface area (Å²) >= 11 is 0. The van der Waals surface area contributed by atoms with Gasteiger partial charge in [0.1, 0.15) is 0 Å². The van der Waals surface area contributed by atoms with Crippen molar-refractivity contribution in [1.82, 2.24) is 0 Å². The Hall–Kier alpha value is -1.99. The normalized spacial score (nSPS) is 11.5. The van der Waals surface area contributed by atoms with Gasteiger partial charge in [0.25, 0.3) is 0 Å². The number of hydrogen-bond acceptors (Lipinski definition) is 0. The molecule has 0 amide bonds. The number of thiol groups is 1. The summed E-state index contributed by atoms with van der Waals surface area (Å²) in [5, 5.41) is 0. The summed E-state index contributed by atoms with van der Waals surface area (Å²) in [5.74, 6) is 0. The molecule has 0 heterocycles. The van der Waals surface area contributed by atoms with Crippen molar-refractivity contribution in [3.63, 3.8) is 0 Å². The number of aryl methyl sites for hydroxylation is 3. The lowest BCUT2D eigenvalue weighted by atomic mass is 10.1. The number of hydrogen-bond donors (Lipinski definition) is 1. The molecule has 0 unspecified atom stereocenters. The third-order valence-corrected chi connectivity index (χ3v) is 8.48. The first kappa shape index (κ1) is 23.7. The van der Waals surface area contributed by atoms with Crippen LogP contribution < -0.4 is 0 Å². The SMILES string of the molecule is CCCCc1ccc([SH](c2ccc(CCCC)cc2)c2ccc(CCCC)cc2)cc1. The van der Waals surface area contributed by atoms with Gasteiger partial charge in [-0.1, -0.05) is 76.4 Å². The smallest absolute Gasteiger partial charge is 0.00450 e. The molecule has 0 aliphatic carbocycles. The Labute approximate surface area is 193 Å². The van der Waals surface area contributed by atoms with Gasteiger partial charge in [0.15, 0.2) is 0 Å². The highest BCUT2D eigenvalue weighted by Crippen LogP contribution is 2.51. The standard InChI is InChI=1S/C30H40S/c1-4-7-10-25-13-19-28(20-14-25)31(29-21-15-26(16-22-29)11-8-5-2)30-23-17-27(18-24-30)12-9-6-3/h13-24,31H,4-12H2,1-3H3. The van der Waals surface area contributed by atoms with Gasteiger partial charge in [-0.25, -0.2) is 0 Å². The number of unbranched alkanes of at least 4 members (excludes halogenated alkanes) is 3. The Morgan fingerprint density at radius 1 is 0.419 bits per heavy atom. The maximum atomic E-state index is 2.38.